The highest BCUT2D eigenvalue weighted by molar-refractivity contribution is 7.15. The van der Waals surface area contributed by atoms with E-state index < -0.39 is 0 Å². The van der Waals surface area contributed by atoms with Crippen LogP contribution in [0, 0.1) is 6.92 Å². The van der Waals surface area contributed by atoms with Crippen molar-refractivity contribution in [1.29, 1.82) is 0 Å². The molecule has 3 aromatic heterocycles. The third kappa shape index (κ3) is 3.29. The van der Waals surface area contributed by atoms with E-state index in [1.54, 1.807) is 23.2 Å². The molecule has 0 radical (unpaired) electrons. The molecule has 0 saturated heterocycles. The van der Waals surface area contributed by atoms with Crippen LogP contribution in [0.25, 0.3) is 16.5 Å². The van der Waals surface area contributed by atoms with Crippen molar-refractivity contribution in [3.05, 3.63) is 77.3 Å². The molecule has 26 heavy (non-hydrogen) atoms. The second-order valence-corrected chi connectivity index (χ2v) is 6.92. The van der Waals surface area contributed by atoms with Gasteiger partial charge in [-0.1, -0.05) is 18.2 Å². The number of carbonyl (C=O) groups is 1. The van der Waals surface area contributed by atoms with Crippen LogP contribution >= 0.6 is 11.3 Å². The molecule has 1 amide bonds. The molecule has 0 unspecified atom stereocenters. The molecule has 0 saturated carbocycles. The number of rotatable bonds is 5. The van der Waals surface area contributed by atoms with Crippen molar-refractivity contribution in [3.8, 4) is 16.5 Å². The van der Waals surface area contributed by atoms with Crippen LogP contribution in [-0.2, 0) is 6.54 Å². The number of furan rings is 1. The van der Waals surface area contributed by atoms with Gasteiger partial charge in [0, 0.05) is 23.2 Å². The first kappa shape index (κ1) is 16.3. The molecule has 0 aliphatic rings. The minimum atomic E-state index is -0.205. The number of hydrogen-bond donors (Lipinski definition) is 1. The summed E-state index contributed by atoms with van der Waals surface area (Å²) in [7, 11) is 0. The zero-order chi connectivity index (χ0) is 17.9. The zero-order valence-corrected chi connectivity index (χ0v) is 14.9. The maximum absolute atomic E-state index is 12.5. The number of para-hydroxylation sites is 1. The second-order valence-electron chi connectivity index (χ2n) is 5.71. The molecule has 130 valence electrons. The fourth-order valence-electron chi connectivity index (χ4n) is 2.55. The molecule has 0 atom stereocenters. The molecule has 7 heteroatoms. The zero-order valence-electron chi connectivity index (χ0n) is 14.0. The Labute approximate surface area is 154 Å². The summed E-state index contributed by atoms with van der Waals surface area (Å²) in [5, 5.41) is 7.94. The summed E-state index contributed by atoms with van der Waals surface area (Å²) in [5.74, 6) is 0.463. The van der Waals surface area contributed by atoms with E-state index in [0.717, 1.165) is 16.1 Å². The lowest BCUT2D eigenvalue weighted by atomic mass is 10.3. The average Bonchev–Trinajstić information content (AvgIpc) is 3.41. The fourth-order valence-corrected chi connectivity index (χ4v) is 3.43. The van der Waals surface area contributed by atoms with E-state index in [1.807, 2.05) is 49.5 Å². The lowest BCUT2D eigenvalue weighted by Crippen LogP contribution is -2.23. The van der Waals surface area contributed by atoms with Gasteiger partial charge in [-0.3, -0.25) is 4.79 Å². The van der Waals surface area contributed by atoms with Crippen LogP contribution in [0.1, 0.15) is 20.9 Å². The normalized spacial score (nSPS) is 10.8. The number of nitrogens with zero attached hydrogens (tertiary/aromatic N) is 3. The van der Waals surface area contributed by atoms with Crippen molar-refractivity contribution in [3.63, 3.8) is 0 Å². The topological polar surface area (TPSA) is 73.0 Å². The summed E-state index contributed by atoms with van der Waals surface area (Å²) in [6.45, 7) is 2.27. The van der Waals surface area contributed by atoms with E-state index in [-0.39, 0.29) is 5.91 Å². The van der Waals surface area contributed by atoms with E-state index in [2.05, 4.69) is 15.4 Å². The van der Waals surface area contributed by atoms with Gasteiger partial charge in [-0.15, -0.1) is 11.3 Å². The van der Waals surface area contributed by atoms with E-state index >= 15 is 0 Å². The Bertz CT molecular complexity index is 1020. The molecule has 0 fully saturated rings. The van der Waals surface area contributed by atoms with Crippen molar-refractivity contribution < 1.29 is 9.21 Å². The quantitative estimate of drug-likeness (QED) is 0.584. The number of benzene rings is 1. The van der Waals surface area contributed by atoms with Gasteiger partial charge in [0.2, 0.25) is 0 Å². The van der Waals surface area contributed by atoms with Gasteiger partial charge in [-0.2, -0.15) is 5.10 Å². The number of aromatic nitrogens is 3. The highest BCUT2D eigenvalue weighted by atomic mass is 32.1. The summed E-state index contributed by atoms with van der Waals surface area (Å²) < 4.78 is 7.13. The van der Waals surface area contributed by atoms with Crippen LogP contribution in [-0.4, -0.2) is 20.7 Å². The molecule has 1 aromatic carbocycles. The molecule has 6 nitrogen and oxygen atoms in total. The Morgan fingerprint density at radius 2 is 2.08 bits per heavy atom. The molecule has 0 aliphatic heterocycles. The minimum absolute atomic E-state index is 0.205. The molecule has 4 rings (SSSR count). The van der Waals surface area contributed by atoms with Crippen LogP contribution in [0.3, 0.4) is 0 Å². The highest BCUT2D eigenvalue weighted by Gasteiger charge is 2.17. The summed E-state index contributed by atoms with van der Waals surface area (Å²) in [4.78, 5) is 17.7. The third-order valence-electron chi connectivity index (χ3n) is 3.85. The van der Waals surface area contributed by atoms with Gasteiger partial charge in [-0.25, -0.2) is 9.67 Å². The molecular formula is C19H16N4O2S. The maximum atomic E-state index is 12.5. The monoisotopic (exact) mass is 364 g/mol. The third-order valence-corrected chi connectivity index (χ3v) is 4.84. The highest BCUT2D eigenvalue weighted by Crippen LogP contribution is 2.27. The van der Waals surface area contributed by atoms with Crippen LogP contribution in [0.5, 0.6) is 0 Å². The van der Waals surface area contributed by atoms with Gasteiger partial charge in [0.25, 0.3) is 5.91 Å². The van der Waals surface area contributed by atoms with Crippen molar-refractivity contribution in [2.24, 2.45) is 0 Å². The Kier molecular flexibility index (Phi) is 4.37. The molecule has 0 bridgehead atoms. The Hall–Kier alpha value is -3.19. The predicted molar refractivity (Wildman–Crippen MR) is 99.3 cm³/mol. The molecule has 4 aromatic rings. The first-order chi connectivity index (χ1) is 12.7. The standard InChI is InChI=1S/C19H16N4O2S/c1-13-17(22-19(26-13)16-8-5-9-25-16)18(24)20-10-14-11-21-23(12-14)15-6-3-2-4-7-15/h2-9,11-12H,10H2,1H3,(H,20,24). The Morgan fingerprint density at radius 1 is 1.23 bits per heavy atom. The molecule has 1 N–H and O–H groups in total. The van der Waals surface area contributed by atoms with Crippen LogP contribution in [0.2, 0.25) is 0 Å². The number of carbonyl (C=O) groups excluding carboxylic acids is 1. The lowest BCUT2D eigenvalue weighted by Gasteiger charge is -2.02. The molecule has 0 spiro atoms. The maximum Gasteiger partial charge on any atom is 0.271 e. The first-order valence-corrected chi connectivity index (χ1v) is 8.91. The summed E-state index contributed by atoms with van der Waals surface area (Å²) in [6.07, 6.45) is 5.24. The molecular weight excluding hydrogens is 348 g/mol. The van der Waals surface area contributed by atoms with Gasteiger partial charge in [0.15, 0.2) is 10.8 Å². The van der Waals surface area contributed by atoms with Crippen molar-refractivity contribution in [1.82, 2.24) is 20.1 Å². The van der Waals surface area contributed by atoms with Gasteiger partial charge < -0.3 is 9.73 Å². The van der Waals surface area contributed by atoms with Gasteiger partial charge >= 0.3 is 0 Å². The first-order valence-electron chi connectivity index (χ1n) is 8.09. The SMILES string of the molecule is Cc1sc(-c2ccco2)nc1C(=O)NCc1cnn(-c2ccccc2)c1. The smallest absolute Gasteiger partial charge is 0.271 e. The number of amides is 1. The van der Waals surface area contributed by atoms with Gasteiger partial charge in [0.1, 0.15) is 5.69 Å². The van der Waals surface area contributed by atoms with E-state index in [0.29, 0.717) is 23.0 Å². The lowest BCUT2D eigenvalue weighted by molar-refractivity contribution is 0.0946. The predicted octanol–water partition coefficient (Wildman–Crippen LogP) is 3.83. The summed E-state index contributed by atoms with van der Waals surface area (Å²) in [5.41, 5.74) is 2.32. The van der Waals surface area contributed by atoms with Crippen LogP contribution in [0.4, 0.5) is 0 Å². The van der Waals surface area contributed by atoms with E-state index in [4.69, 9.17) is 4.42 Å². The number of thiazole rings is 1. The summed E-state index contributed by atoms with van der Waals surface area (Å²) >= 11 is 1.44. The minimum Gasteiger partial charge on any atom is -0.462 e. The molecule has 0 aliphatic carbocycles. The fraction of sp³-hybridized carbons (Fsp3) is 0.105. The summed E-state index contributed by atoms with van der Waals surface area (Å²) in [6, 6.07) is 13.5. The number of aryl methyl sites for hydroxylation is 1. The number of hydrogen-bond acceptors (Lipinski definition) is 5. The largest absolute Gasteiger partial charge is 0.462 e. The van der Waals surface area contributed by atoms with Crippen molar-refractivity contribution >= 4 is 17.2 Å². The average molecular weight is 364 g/mol. The van der Waals surface area contributed by atoms with Gasteiger partial charge in [-0.05, 0) is 31.2 Å². The van der Waals surface area contributed by atoms with Crippen LogP contribution in [0.15, 0.2) is 65.5 Å². The molecule has 3 heterocycles. The number of nitrogens with one attached hydrogen (secondary N) is 1. The van der Waals surface area contributed by atoms with Gasteiger partial charge in [0.05, 0.1) is 18.1 Å². The second kappa shape index (κ2) is 6.97. The Morgan fingerprint density at radius 3 is 2.85 bits per heavy atom. The Balaban J connectivity index is 1.44. The van der Waals surface area contributed by atoms with Crippen LogP contribution < -0.4 is 5.32 Å². The van der Waals surface area contributed by atoms with E-state index in [9.17, 15) is 4.79 Å². The van der Waals surface area contributed by atoms with E-state index in [1.165, 1.54) is 11.3 Å². The van der Waals surface area contributed by atoms with Crippen molar-refractivity contribution in [2.75, 3.05) is 0 Å². The van der Waals surface area contributed by atoms with Crippen molar-refractivity contribution in [2.45, 2.75) is 13.5 Å².